The highest BCUT2D eigenvalue weighted by Crippen LogP contribution is 2.20. The third-order valence-electron chi connectivity index (χ3n) is 5.53. The molecule has 0 saturated carbocycles. The number of nitrogens with zero attached hydrogens (tertiary/aromatic N) is 1. The van der Waals surface area contributed by atoms with Gasteiger partial charge in [0.15, 0.2) is 0 Å². The van der Waals surface area contributed by atoms with E-state index in [1.165, 1.54) is 0 Å². The minimum Gasteiger partial charge on any atom is -0.492 e. The Kier molecular flexibility index (Phi) is 8.35. The van der Waals surface area contributed by atoms with Gasteiger partial charge in [-0.3, -0.25) is 4.79 Å². The molecule has 0 amide bonds. The fourth-order valence-electron chi connectivity index (χ4n) is 3.75. The van der Waals surface area contributed by atoms with E-state index in [1.54, 1.807) is 4.57 Å². The fraction of sp³-hybridized carbons (Fsp3) is 0.423. The molecule has 0 unspecified atom stereocenters. The Morgan fingerprint density at radius 1 is 1.16 bits per heavy atom. The molecule has 172 valence electrons. The van der Waals surface area contributed by atoms with Crippen LogP contribution in [0, 0.1) is 0 Å². The van der Waals surface area contributed by atoms with Crippen LogP contribution in [0.15, 0.2) is 59.4 Å². The molecule has 1 aromatic heterocycles. The second-order valence-electron chi connectivity index (χ2n) is 8.98. The number of aliphatic hydroxyl groups is 1. The van der Waals surface area contributed by atoms with Crippen LogP contribution in [-0.2, 0) is 13.1 Å². The number of fused-ring (bicyclic) bond motifs is 1. The molecule has 1 atom stereocenters. The van der Waals surface area contributed by atoms with E-state index in [9.17, 15) is 9.90 Å². The highest BCUT2D eigenvalue weighted by Gasteiger charge is 2.14. The highest BCUT2D eigenvalue weighted by molar-refractivity contribution is 6.31. The summed E-state index contributed by atoms with van der Waals surface area (Å²) in [4.78, 5) is 13.3. The average molecular weight is 457 g/mol. The smallest absolute Gasteiger partial charge is 0.255 e. The van der Waals surface area contributed by atoms with E-state index < -0.39 is 5.60 Å². The van der Waals surface area contributed by atoms with Gasteiger partial charge in [0.25, 0.3) is 5.56 Å². The second-order valence-corrected chi connectivity index (χ2v) is 9.41. The molecular weight excluding hydrogens is 424 g/mol. The number of aromatic nitrogens is 1. The lowest BCUT2D eigenvalue weighted by molar-refractivity contribution is 0.0675. The van der Waals surface area contributed by atoms with Gasteiger partial charge < -0.3 is 19.7 Å². The Bertz CT molecular complexity index is 1070. The number of rotatable bonds is 11. The zero-order valence-corrected chi connectivity index (χ0v) is 19.9. The van der Waals surface area contributed by atoms with E-state index in [0.717, 1.165) is 35.9 Å². The average Bonchev–Trinajstić information content (AvgIpc) is 2.74. The lowest BCUT2D eigenvalue weighted by atomic mass is 10.00. The van der Waals surface area contributed by atoms with Crippen molar-refractivity contribution in [2.75, 3.05) is 6.61 Å². The highest BCUT2D eigenvalue weighted by atomic mass is 35.5. The normalized spacial score (nSPS) is 12.8. The summed E-state index contributed by atoms with van der Waals surface area (Å²) in [7, 11) is 0. The summed E-state index contributed by atoms with van der Waals surface area (Å²) in [5.41, 5.74) is 0.845. The van der Waals surface area contributed by atoms with E-state index >= 15 is 0 Å². The van der Waals surface area contributed by atoms with Crippen molar-refractivity contribution < 1.29 is 9.84 Å². The van der Waals surface area contributed by atoms with E-state index in [-0.39, 0.29) is 11.6 Å². The minimum absolute atomic E-state index is 0.0346. The van der Waals surface area contributed by atoms with Gasteiger partial charge in [0, 0.05) is 23.2 Å². The third-order valence-corrected chi connectivity index (χ3v) is 5.76. The maximum atomic E-state index is 13.3. The van der Waals surface area contributed by atoms with Gasteiger partial charge in [0.1, 0.15) is 12.4 Å². The van der Waals surface area contributed by atoms with E-state index in [1.807, 2.05) is 68.4 Å². The van der Waals surface area contributed by atoms with Crippen LogP contribution < -0.4 is 15.6 Å². The number of benzene rings is 2. The Morgan fingerprint density at radius 2 is 1.91 bits per heavy atom. The molecule has 6 heteroatoms. The zero-order valence-electron chi connectivity index (χ0n) is 19.1. The van der Waals surface area contributed by atoms with Crippen LogP contribution >= 0.6 is 11.6 Å². The lowest BCUT2D eigenvalue weighted by Crippen LogP contribution is -2.32. The van der Waals surface area contributed by atoms with Gasteiger partial charge in [-0.05, 0) is 75.8 Å². The molecule has 3 aromatic rings. The maximum absolute atomic E-state index is 13.3. The van der Waals surface area contributed by atoms with Crippen molar-refractivity contribution in [1.29, 1.82) is 0 Å². The fourth-order valence-corrected chi connectivity index (χ4v) is 3.92. The van der Waals surface area contributed by atoms with Crippen molar-refractivity contribution in [3.05, 3.63) is 75.5 Å². The van der Waals surface area contributed by atoms with Gasteiger partial charge in [-0.25, -0.2) is 0 Å². The Labute approximate surface area is 195 Å². The first kappa shape index (κ1) is 24.3. The quantitative estimate of drug-likeness (QED) is 0.418. The summed E-state index contributed by atoms with van der Waals surface area (Å²) in [6, 6.07) is 17.4. The topological polar surface area (TPSA) is 63.5 Å². The van der Waals surface area contributed by atoms with Crippen molar-refractivity contribution >= 4 is 22.5 Å². The van der Waals surface area contributed by atoms with E-state index in [4.69, 9.17) is 16.3 Å². The number of ether oxygens (including phenoxy) is 1. The molecule has 0 radical (unpaired) electrons. The molecule has 5 nitrogen and oxygen atoms in total. The van der Waals surface area contributed by atoms with Crippen molar-refractivity contribution in [1.82, 2.24) is 9.88 Å². The van der Waals surface area contributed by atoms with Crippen molar-refractivity contribution in [2.45, 2.75) is 64.8 Å². The minimum atomic E-state index is -0.644. The van der Waals surface area contributed by atoms with Crippen LogP contribution in [0.1, 0.15) is 45.6 Å². The van der Waals surface area contributed by atoms with Crippen LogP contribution in [0.3, 0.4) is 0 Å². The third kappa shape index (κ3) is 7.09. The van der Waals surface area contributed by atoms with Gasteiger partial charge >= 0.3 is 0 Å². The standard InChI is InChI=1S/C26H33ClN2O3/c1-19(8-7-13-26(2,3)31)28-18-21-16-20-11-12-22(27)17-24(20)29(25(21)30)14-15-32-23-9-5-4-6-10-23/h4-6,9-12,16-17,19,28,31H,7-8,13-15,18H2,1-3H3/t19-/m1/s1. The SMILES string of the molecule is C[C@H](CCCC(C)(C)O)NCc1cc2ccc(Cl)cc2n(CCOc2ccccc2)c1=O. The Balaban J connectivity index is 1.73. The van der Waals surface area contributed by atoms with E-state index in [0.29, 0.717) is 30.3 Å². The van der Waals surface area contributed by atoms with E-state index in [2.05, 4.69) is 12.2 Å². The molecule has 0 aliphatic rings. The van der Waals surface area contributed by atoms with Crippen LogP contribution in [0.4, 0.5) is 0 Å². The first-order valence-electron chi connectivity index (χ1n) is 11.2. The molecule has 0 fully saturated rings. The largest absolute Gasteiger partial charge is 0.492 e. The zero-order chi connectivity index (χ0) is 23.1. The molecule has 32 heavy (non-hydrogen) atoms. The van der Waals surface area contributed by atoms with Crippen molar-refractivity contribution in [3.63, 3.8) is 0 Å². The monoisotopic (exact) mass is 456 g/mol. The molecule has 2 N–H and O–H groups in total. The van der Waals surface area contributed by atoms with Crippen LogP contribution in [0.25, 0.3) is 10.9 Å². The number of hydrogen-bond acceptors (Lipinski definition) is 4. The molecule has 0 aliphatic heterocycles. The number of halogens is 1. The molecule has 2 aromatic carbocycles. The summed E-state index contributed by atoms with van der Waals surface area (Å²) in [5.74, 6) is 0.778. The van der Waals surface area contributed by atoms with Crippen molar-refractivity contribution in [2.24, 2.45) is 0 Å². The van der Waals surface area contributed by atoms with Gasteiger partial charge in [0.05, 0.1) is 17.7 Å². The van der Waals surface area contributed by atoms with Gasteiger partial charge in [-0.2, -0.15) is 0 Å². The summed E-state index contributed by atoms with van der Waals surface area (Å²) in [6.45, 7) is 7.07. The summed E-state index contributed by atoms with van der Waals surface area (Å²) < 4.78 is 7.58. The lowest BCUT2D eigenvalue weighted by Gasteiger charge is -2.19. The Morgan fingerprint density at radius 3 is 2.62 bits per heavy atom. The molecule has 0 aliphatic carbocycles. The first-order chi connectivity index (χ1) is 15.2. The predicted octanol–water partition coefficient (Wildman–Crippen LogP) is 5.15. The molecule has 0 spiro atoms. The van der Waals surface area contributed by atoms with Crippen LogP contribution in [0.2, 0.25) is 5.02 Å². The molecule has 1 heterocycles. The van der Waals surface area contributed by atoms with Gasteiger partial charge in [0.2, 0.25) is 0 Å². The molecule has 3 rings (SSSR count). The number of hydrogen-bond donors (Lipinski definition) is 2. The molecule has 0 saturated heterocycles. The molecule has 0 bridgehead atoms. The summed E-state index contributed by atoms with van der Waals surface area (Å²) >= 11 is 6.22. The number of pyridine rings is 1. The molecular formula is C26H33ClN2O3. The van der Waals surface area contributed by atoms with Crippen LogP contribution in [0.5, 0.6) is 5.75 Å². The first-order valence-corrected chi connectivity index (χ1v) is 11.6. The number of para-hydroxylation sites is 1. The van der Waals surface area contributed by atoms with Gasteiger partial charge in [-0.15, -0.1) is 0 Å². The van der Waals surface area contributed by atoms with Crippen molar-refractivity contribution in [3.8, 4) is 5.75 Å². The van der Waals surface area contributed by atoms with Crippen LogP contribution in [-0.4, -0.2) is 27.9 Å². The predicted molar refractivity (Wildman–Crippen MR) is 132 cm³/mol. The summed E-state index contributed by atoms with van der Waals surface area (Å²) in [6.07, 6.45) is 2.62. The Hall–Kier alpha value is -2.34. The summed E-state index contributed by atoms with van der Waals surface area (Å²) in [5, 5.41) is 14.9. The van der Waals surface area contributed by atoms with Gasteiger partial charge in [-0.1, -0.05) is 35.9 Å². The maximum Gasteiger partial charge on any atom is 0.255 e. The second kappa shape index (κ2) is 11.0. The number of nitrogens with one attached hydrogen (secondary N) is 1.